The van der Waals surface area contributed by atoms with E-state index in [-0.39, 0.29) is 18.5 Å². The molecule has 1 fully saturated rings. The van der Waals surface area contributed by atoms with Gasteiger partial charge in [0.25, 0.3) is 5.92 Å². The number of nitrogens with zero attached hydrogens (tertiary/aromatic N) is 2. The predicted molar refractivity (Wildman–Crippen MR) is 72.5 cm³/mol. The van der Waals surface area contributed by atoms with Gasteiger partial charge in [-0.05, 0) is 24.6 Å². The topological polar surface area (TPSA) is 36.4 Å². The first-order valence-corrected chi connectivity index (χ1v) is 6.89. The molecule has 1 aromatic carbocycles. The van der Waals surface area contributed by atoms with E-state index in [1.807, 2.05) is 0 Å². The molecule has 22 heavy (non-hydrogen) atoms. The molecule has 1 N–H and O–H groups in total. The number of pyridine rings is 1. The fourth-order valence-electron chi connectivity index (χ4n) is 2.62. The van der Waals surface area contributed by atoms with Crippen LogP contribution in [0, 0.1) is 11.6 Å². The summed E-state index contributed by atoms with van der Waals surface area (Å²) < 4.78 is 54.0. The van der Waals surface area contributed by atoms with E-state index in [2.05, 4.69) is 4.98 Å². The maximum atomic E-state index is 13.7. The quantitative estimate of drug-likeness (QED) is 0.866. The van der Waals surface area contributed by atoms with Gasteiger partial charge >= 0.3 is 0 Å². The Balaban J connectivity index is 1.84. The third kappa shape index (κ3) is 2.78. The van der Waals surface area contributed by atoms with Gasteiger partial charge in [0.2, 0.25) is 0 Å². The Labute approximate surface area is 124 Å². The second-order valence-corrected chi connectivity index (χ2v) is 5.51. The highest BCUT2D eigenvalue weighted by Crippen LogP contribution is 2.28. The number of aliphatic hydroxyl groups is 1. The number of likely N-dealkylation sites (tertiary alicyclic amines) is 1. The first kappa shape index (κ1) is 15.2. The molecule has 0 amide bonds. The van der Waals surface area contributed by atoms with Crippen molar-refractivity contribution in [3.05, 3.63) is 41.6 Å². The lowest BCUT2D eigenvalue weighted by molar-refractivity contribution is -0.151. The van der Waals surface area contributed by atoms with Crippen LogP contribution in [0.3, 0.4) is 0 Å². The molecule has 118 valence electrons. The summed E-state index contributed by atoms with van der Waals surface area (Å²) in [5.41, 5.74) is 0.269. The normalized spacial score (nSPS) is 22.1. The molecule has 0 bridgehead atoms. The van der Waals surface area contributed by atoms with Crippen LogP contribution < -0.4 is 0 Å². The largest absolute Gasteiger partial charge is 0.387 e. The maximum Gasteiger partial charge on any atom is 0.285 e. The second kappa shape index (κ2) is 5.48. The molecule has 0 radical (unpaired) electrons. The average Bonchev–Trinajstić information content (AvgIpc) is 2.47. The van der Waals surface area contributed by atoms with Gasteiger partial charge in [-0.25, -0.2) is 22.5 Å². The smallest absolute Gasteiger partial charge is 0.285 e. The van der Waals surface area contributed by atoms with E-state index >= 15 is 0 Å². The molecular weight excluding hydrogens is 300 g/mol. The molecular formula is C15H14F4N2O. The zero-order chi connectivity index (χ0) is 15.9. The van der Waals surface area contributed by atoms with Gasteiger partial charge in [-0.2, -0.15) is 0 Å². The lowest BCUT2D eigenvalue weighted by atomic mass is 10.0. The number of rotatable bonds is 2. The molecule has 7 heteroatoms. The van der Waals surface area contributed by atoms with Crippen molar-refractivity contribution in [2.75, 3.05) is 13.1 Å². The number of hydrogen-bond donors (Lipinski definition) is 1. The highest BCUT2D eigenvalue weighted by Gasteiger charge is 2.43. The number of halogens is 4. The van der Waals surface area contributed by atoms with Crippen LogP contribution in [-0.2, 0) is 6.54 Å². The summed E-state index contributed by atoms with van der Waals surface area (Å²) in [5.74, 6) is -5.21. The number of benzene rings is 1. The molecule has 3 rings (SSSR count). The Bertz CT molecular complexity index is 707. The molecule has 1 atom stereocenters. The van der Waals surface area contributed by atoms with Crippen LogP contribution in [-0.4, -0.2) is 40.1 Å². The van der Waals surface area contributed by atoms with Gasteiger partial charge in [0.05, 0.1) is 12.2 Å². The van der Waals surface area contributed by atoms with Crippen molar-refractivity contribution in [1.82, 2.24) is 9.88 Å². The second-order valence-electron chi connectivity index (χ2n) is 5.51. The molecule has 2 heterocycles. The molecule has 1 aliphatic heterocycles. The Morgan fingerprint density at radius 3 is 2.68 bits per heavy atom. The summed E-state index contributed by atoms with van der Waals surface area (Å²) in [5, 5.41) is 9.69. The minimum absolute atomic E-state index is 0.0381. The lowest BCUT2D eigenvalue weighted by Crippen LogP contribution is -2.51. The van der Waals surface area contributed by atoms with E-state index in [0.29, 0.717) is 17.6 Å². The van der Waals surface area contributed by atoms with Crippen LogP contribution in [0.25, 0.3) is 10.9 Å². The van der Waals surface area contributed by atoms with Crippen molar-refractivity contribution in [3.8, 4) is 0 Å². The summed E-state index contributed by atoms with van der Waals surface area (Å²) >= 11 is 0. The van der Waals surface area contributed by atoms with Gasteiger partial charge in [-0.1, -0.05) is 6.07 Å². The molecule has 0 spiro atoms. The van der Waals surface area contributed by atoms with Crippen molar-refractivity contribution in [2.45, 2.75) is 25.0 Å². The fraction of sp³-hybridized carbons (Fsp3) is 0.400. The number of piperidine rings is 1. The Morgan fingerprint density at radius 2 is 1.95 bits per heavy atom. The van der Waals surface area contributed by atoms with Gasteiger partial charge in [0, 0.05) is 18.5 Å². The zero-order valence-electron chi connectivity index (χ0n) is 11.6. The minimum atomic E-state index is -3.17. The number of aliphatic hydroxyl groups excluding tert-OH is 1. The van der Waals surface area contributed by atoms with Crippen LogP contribution >= 0.6 is 0 Å². The molecule has 1 saturated heterocycles. The van der Waals surface area contributed by atoms with E-state index in [1.54, 1.807) is 12.1 Å². The van der Waals surface area contributed by atoms with E-state index in [4.69, 9.17) is 0 Å². The molecule has 0 aliphatic carbocycles. The minimum Gasteiger partial charge on any atom is -0.387 e. The summed E-state index contributed by atoms with van der Waals surface area (Å²) in [4.78, 5) is 5.47. The van der Waals surface area contributed by atoms with Crippen molar-refractivity contribution in [1.29, 1.82) is 0 Å². The fourth-order valence-corrected chi connectivity index (χ4v) is 2.62. The third-order valence-corrected chi connectivity index (χ3v) is 3.84. The average molecular weight is 314 g/mol. The van der Waals surface area contributed by atoms with Crippen molar-refractivity contribution in [2.24, 2.45) is 0 Å². The van der Waals surface area contributed by atoms with Gasteiger partial charge < -0.3 is 5.11 Å². The standard InChI is InChI=1S/C15H14F4N2O/c16-11-4-2-9-1-3-10(20-14(9)13(11)17)7-21-6-5-12(22)15(18,19)8-21/h1-4,12,22H,5-8H2. The summed E-state index contributed by atoms with van der Waals surface area (Å²) in [6.45, 7) is -0.199. The summed E-state index contributed by atoms with van der Waals surface area (Å²) in [6.07, 6.45) is -1.68. The number of hydrogen-bond acceptors (Lipinski definition) is 3. The first-order chi connectivity index (χ1) is 10.4. The lowest BCUT2D eigenvalue weighted by Gasteiger charge is -2.35. The predicted octanol–water partition coefficient (Wildman–Crippen LogP) is 2.71. The van der Waals surface area contributed by atoms with Crippen LogP contribution in [0.4, 0.5) is 17.6 Å². The van der Waals surface area contributed by atoms with Crippen LogP contribution in [0.5, 0.6) is 0 Å². The van der Waals surface area contributed by atoms with Crippen LogP contribution in [0.2, 0.25) is 0 Å². The van der Waals surface area contributed by atoms with Gasteiger partial charge in [0.15, 0.2) is 11.6 Å². The third-order valence-electron chi connectivity index (χ3n) is 3.84. The number of alkyl halides is 2. The SMILES string of the molecule is OC1CCN(Cc2ccc3ccc(F)c(F)c3n2)CC1(F)F. The van der Waals surface area contributed by atoms with Crippen molar-refractivity contribution >= 4 is 10.9 Å². The van der Waals surface area contributed by atoms with E-state index in [0.717, 1.165) is 6.07 Å². The number of fused-ring (bicyclic) bond motifs is 1. The molecule has 1 aliphatic rings. The molecule has 1 unspecified atom stereocenters. The molecule has 2 aromatic rings. The van der Waals surface area contributed by atoms with Gasteiger partial charge in [-0.3, -0.25) is 4.90 Å². The molecule has 1 aromatic heterocycles. The molecule has 3 nitrogen and oxygen atoms in total. The Kier molecular flexibility index (Phi) is 3.78. The van der Waals surface area contributed by atoms with Crippen molar-refractivity contribution < 1.29 is 22.7 Å². The maximum absolute atomic E-state index is 13.7. The Morgan fingerprint density at radius 1 is 1.23 bits per heavy atom. The summed E-state index contributed by atoms with van der Waals surface area (Å²) in [7, 11) is 0. The van der Waals surface area contributed by atoms with E-state index < -0.39 is 30.2 Å². The molecule has 0 saturated carbocycles. The highest BCUT2D eigenvalue weighted by molar-refractivity contribution is 5.79. The van der Waals surface area contributed by atoms with E-state index in [9.17, 15) is 22.7 Å². The van der Waals surface area contributed by atoms with Gasteiger partial charge in [-0.15, -0.1) is 0 Å². The highest BCUT2D eigenvalue weighted by atomic mass is 19.3. The van der Waals surface area contributed by atoms with Crippen molar-refractivity contribution in [3.63, 3.8) is 0 Å². The summed E-state index contributed by atoms with van der Waals surface area (Å²) in [6, 6.07) is 5.61. The number of aromatic nitrogens is 1. The Hall–Kier alpha value is -1.73. The monoisotopic (exact) mass is 314 g/mol. The van der Waals surface area contributed by atoms with Crippen LogP contribution in [0.15, 0.2) is 24.3 Å². The van der Waals surface area contributed by atoms with E-state index in [1.165, 1.54) is 11.0 Å². The first-order valence-electron chi connectivity index (χ1n) is 6.89. The van der Waals surface area contributed by atoms with Gasteiger partial charge in [0.1, 0.15) is 11.6 Å². The zero-order valence-corrected chi connectivity index (χ0v) is 11.6. The van der Waals surface area contributed by atoms with Crippen LogP contribution in [0.1, 0.15) is 12.1 Å².